The molecule has 2 heterocycles. The molecule has 1 atom stereocenters. The van der Waals surface area contributed by atoms with Crippen molar-refractivity contribution < 1.29 is 19.1 Å². The number of benzene rings is 2. The maximum atomic E-state index is 13.5. The Hall–Kier alpha value is -3.03. The minimum absolute atomic E-state index is 0.00711. The van der Waals surface area contributed by atoms with Gasteiger partial charge in [-0.3, -0.25) is 9.59 Å². The summed E-state index contributed by atoms with van der Waals surface area (Å²) in [5, 5.41) is 10.8. The Morgan fingerprint density at radius 2 is 1.97 bits per heavy atom. The standard InChI is InChI=1S/C23H23ClN2O5/c1-4-30-18-11-13(5-7-16(18)27)20-19-21(28)15-12-14(24)6-8-17(15)31-22(19)23(29)26(20)10-9-25(2)3/h5-8,11-12,20,27H,4,9-10H2,1-3H3. The fraction of sp³-hybridized carbons (Fsp3) is 0.304. The van der Waals surface area contributed by atoms with Crippen LogP contribution in [0.25, 0.3) is 11.0 Å². The molecule has 0 spiro atoms. The molecular formula is C23H23ClN2O5. The van der Waals surface area contributed by atoms with E-state index < -0.39 is 6.04 Å². The van der Waals surface area contributed by atoms with E-state index >= 15 is 0 Å². The fourth-order valence-electron chi connectivity index (χ4n) is 3.85. The van der Waals surface area contributed by atoms with Gasteiger partial charge in [0.2, 0.25) is 5.76 Å². The van der Waals surface area contributed by atoms with Gasteiger partial charge in [0.15, 0.2) is 16.9 Å². The lowest BCUT2D eigenvalue weighted by Gasteiger charge is -2.26. The van der Waals surface area contributed by atoms with Crippen molar-refractivity contribution in [2.24, 2.45) is 0 Å². The number of hydrogen-bond acceptors (Lipinski definition) is 6. The third-order valence-corrected chi connectivity index (χ3v) is 5.55. The molecule has 1 aliphatic heterocycles. The Balaban J connectivity index is 1.94. The van der Waals surface area contributed by atoms with Crippen molar-refractivity contribution in [1.82, 2.24) is 9.80 Å². The smallest absolute Gasteiger partial charge is 0.290 e. The van der Waals surface area contributed by atoms with Gasteiger partial charge in [-0.05, 0) is 56.9 Å². The summed E-state index contributed by atoms with van der Waals surface area (Å²) in [7, 11) is 3.83. The van der Waals surface area contributed by atoms with E-state index in [-0.39, 0.29) is 28.4 Å². The zero-order valence-corrected chi connectivity index (χ0v) is 18.3. The summed E-state index contributed by atoms with van der Waals surface area (Å²) in [4.78, 5) is 30.4. The maximum absolute atomic E-state index is 13.5. The van der Waals surface area contributed by atoms with E-state index in [2.05, 4.69) is 0 Å². The Labute approximate surface area is 184 Å². The number of aromatic hydroxyl groups is 1. The van der Waals surface area contributed by atoms with Crippen molar-refractivity contribution in [3.63, 3.8) is 0 Å². The van der Waals surface area contributed by atoms with Crippen LogP contribution in [0.5, 0.6) is 11.5 Å². The van der Waals surface area contributed by atoms with Crippen molar-refractivity contribution in [1.29, 1.82) is 0 Å². The molecule has 3 aromatic rings. The number of carbonyl (C=O) groups is 1. The largest absolute Gasteiger partial charge is 0.504 e. The van der Waals surface area contributed by atoms with Crippen LogP contribution in [0.3, 0.4) is 0 Å². The van der Waals surface area contributed by atoms with Gasteiger partial charge in [0.05, 0.1) is 23.6 Å². The Bertz CT molecular complexity index is 1220. The molecule has 4 rings (SSSR count). The quantitative estimate of drug-likeness (QED) is 0.627. The topological polar surface area (TPSA) is 83.2 Å². The summed E-state index contributed by atoms with van der Waals surface area (Å²) in [5.74, 6) is -0.0227. The highest BCUT2D eigenvalue weighted by Gasteiger charge is 2.42. The van der Waals surface area contributed by atoms with E-state index in [1.54, 1.807) is 35.2 Å². The Morgan fingerprint density at radius 3 is 2.68 bits per heavy atom. The zero-order valence-electron chi connectivity index (χ0n) is 17.5. The van der Waals surface area contributed by atoms with Gasteiger partial charge in [-0.2, -0.15) is 0 Å². The predicted molar refractivity (Wildman–Crippen MR) is 118 cm³/mol. The molecule has 1 amide bonds. The number of hydrogen-bond donors (Lipinski definition) is 1. The van der Waals surface area contributed by atoms with Crippen molar-refractivity contribution in [2.45, 2.75) is 13.0 Å². The van der Waals surface area contributed by atoms with E-state index in [1.807, 2.05) is 25.9 Å². The molecule has 1 aliphatic rings. The monoisotopic (exact) mass is 442 g/mol. The molecular weight excluding hydrogens is 420 g/mol. The van der Waals surface area contributed by atoms with Gasteiger partial charge >= 0.3 is 0 Å². The second-order valence-corrected chi connectivity index (χ2v) is 8.12. The van der Waals surface area contributed by atoms with Crippen LogP contribution in [0, 0.1) is 0 Å². The average molecular weight is 443 g/mol. The first-order valence-electron chi connectivity index (χ1n) is 9.99. The Morgan fingerprint density at radius 1 is 1.19 bits per heavy atom. The third-order valence-electron chi connectivity index (χ3n) is 5.32. The van der Waals surface area contributed by atoms with E-state index in [0.29, 0.717) is 47.0 Å². The van der Waals surface area contributed by atoms with Gasteiger partial charge in [-0.25, -0.2) is 0 Å². The van der Waals surface area contributed by atoms with Crippen LogP contribution in [0.4, 0.5) is 0 Å². The van der Waals surface area contributed by atoms with Crippen LogP contribution >= 0.6 is 11.6 Å². The highest BCUT2D eigenvalue weighted by atomic mass is 35.5. The first-order chi connectivity index (χ1) is 14.8. The van der Waals surface area contributed by atoms with Gasteiger partial charge < -0.3 is 24.1 Å². The molecule has 7 nitrogen and oxygen atoms in total. The van der Waals surface area contributed by atoms with Gasteiger partial charge in [0.25, 0.3) is 5.91 Å². The van der Waals surface area contributed by atoms with Gasteiger partial charge in [-0.15, -0.1) is 0 Å². The molecule has 1 N–H and O–H groups in total. The zero-order chi connectivity index (χ0) is 22.3. The number of halogens is 1. The van der Waals surface area contributed by atoms with Crippen molar-refractivity contribution in [2.75, 3.05) is 33.8 Å². The van der Waals surface area contributed by atoms with Crippen LogP contribution in [-0.4, -0.2) is 54.6 Å². The van der Waals surface area contributed by atoms with E-state index in [0.717, 1.165) is 0 Å². The number of ether oxygens (including phenoxy) is 1. The molecule has 31 heavy (non-hydrogen) atoms. The lowest BCUT2D eigenvalue weighted by Crippen LogP contribution is -2.35. The summed E-state index contributed by atoms with van der Waals surface area (Å²) in [5.41, 5.74) is 0.943. The molecule has 0 fully saturated rings. The number of rotatable bonds is 6. The Kier molecular flexibility index (Phi) is 5.64. The second kappa shape index (κ2) is 8.24. The molecule has 162 valence electrons. The lowest BCUT2D eigenvalue weighted by atomic mass is 9.98. The van der Waals surface area contributed by atoms with Gasteiger partial charge in [0, 0.05) is 18.1 Å². The summed E-state index contributed by atoms with van der Waals surface area (Å²) in [6.45, 7) is 3.18. The third kappa shape index (κ3) is 3.75. The van der Waals surface area contributed by atoms with Crippen LogP contribution in [0.15, 0.2) is 45.6 Å². The summed E-state index contributed by atoms with van der Waals surface area (Å²) in [6.07, 6.45) is 0. The average Bonchev–Trinajstić information content (AvgIpc) is 3.01. The van der Waals surface area contributed by atoms with Gasteiger partial charge in [-0.1, -0.05) is 17.7 Å². The number of nitrogens with zero attached hydrogens (tertiary/aromatic N) is 2. The number of fused-ring (bicyclic) bond motifs is 2. The summed E-state index contributed by atoms with van der Waals surface area (Å²) < 4.78 is 11.4. The number of phenolic OH excluding ortho intramolecular Hbond substituents is 1. The molecule has 0 bridgehead atoms. The predicted octanol–water partition coefficient (Wildman–Crippen LogP) is 3.66. The number of carbonyl (C=O) groups excluding carboxylic acids is 1. The highest BCUT2D eigenvalue weighted by Crippen LogP contribution is 2.40. The van der Waals surface area contributed by atoms with E-state index in [4.69, 9.17) is 20.8 Å². The van der Waals surface area contributed by atoms with E-state index in [9.17, 15) is 14.7 Å². The van der Waals surface area contributed by atoms with Crippen LogP contribution in [0.2, 0.25) is 5.02 Å². The SMILES string of the molecule is CCOc1cc(C2c3c(oc4ccc(Cl)cc4c3=O)C(=O)N2CCN(C)C)ccc1O. The van der Waals surface area contributed by atoms with Crippen LogP contribution in [0.1, 0.15) is 34.6 Å². The maximum Gasteiger partial charge on any atom is 0.290 e. The van der Waals surface area contributed by atoms with Crippen molar-refractivity contribution in [3.05, 3.63) is 68.5 Å². The summed E-state index contributed by atoms with van der Waals surface area (Å²) in [6, 6.07) is 8.96. The highest BCUT2D eigenvalue weighted by molar-refractivity contribution is 6.31. The number of phenols is 1. The molecule has 0 saturated carbocycles. The molecule has 0 radical (unpaired) electrons. The van der Waals surface area contributed by atoms with Crippen LogP contribution < -0.4 is 10.2 Å². The molecule has 8 heteroatoms. The van der Waals surface area contributed by atoms with Gasteiger partial charge in [0.1, 0.15) is 5.58 Å². The first-order valence-corrected chi connectivity index (χ1v) is 10.4. The molecule has 1 unspecified atom stereocenters. The fourth-order valence-corrected chi connectivity index (χ4v) is 4.02. The summed E-state index contributed by atoms with van der Waals surface area (Å²) >= 11 is 6.10. The molecule has 0 aliphatic carbocycles. The number of likely N-dealkylation sites (N-methyl/N-ethyl adjacent to an activating group) is 1. The van der Waals surface area contributed by atoms with Crippen molar-refractivity contribution in [3.8, 4) is 11.5 Å². The minimum atomic E-state index is -0.665. The lowest BCUT2D eigenvalue weighted by molar-refractivity contribution is 0.0716. The first kappa shape index (κ1) is 21.2. The minimum Gasteiger partial charge on any atom is -0.504 e. The second-order valence-electron chi connectivity index (χ2n) is 7.68. The number of amides is 1. The van der Waals surface area contributed by atoms with Crippen molar-refractivity contribution >= 4 is 28.5 Å². The molecule has 0 saturated heterocycles. The molecule has 2 aromatic carbocycles. The van der Waals surface area contributed by atoms with E-state index in [1.165, 1.54) is 6.07 Å². The van der Waals surface area contributed by atoms with Crippen LogP contribution in [-0.2, 0) is 0 Å². The molecule has 1 aromatic heterocycles. The normalized spacial score (nSPS) is 15.7.